The van der Waals surface area contributed by atoms with E-state index in [0.29, 0.717) is 15.3 Å². The van der Waals surface area contributed by atoms with Gasteiger partial charge < -0.3 is 0 Å². The van der Waals surface area contributed by atoms with Crippen molar-refractivity contribution in [3.8, 4) is 22.3 Å². The van der Waals surface area contributed by atoms with Crippen molar-refractivity contribution in [1.82, 2.24) is 4.98 Å². The van der Waals surface area contributed by atoms with Gasteiger partial charge in [-0.3, -0.25) is 0 Å². The third-order valence-electron chi connectivity index (χ3n) is 6.91. The second kappa shape index (κ2) is 8.69. The van der Waals surface area contributed by atoms with Gasteiger partial charge in [-0.15, -0.1) is 0 Å². The Bertz CT molecular complexity index is 1780. The van der Waals surface area contributed by atoms with E-state index in [9.17, 15) is 13.2 Å². The van der Waals surface area contributed by atoms with Crippen molar-refractivity contribution < 1.29 is 13.2 Å². The molecule has 37 heavy (non-hydrogen) atoms. The van der Waals surface area contributed by atoms with Gasteiger partial charge in [0, 0.05) is 0 Å². The third kappa shape index (κ3) is 4.33. The summed E-state index contributed by atoms with van der Waals surface area (Å²) in [6.45, 7) is 6.93. The molecule has 0 saturated carbocycles. The van der Waals surface area contributed by atoms with E-state index in [0.717, 1.165) is 37.7 Å². The molecule has 1 nitrogen and oxygen atoms in total. The first kappa shape index (κ1) is 24.2. The topological polar surface area (TPSA) is 12.9 Å². The van der Waals surface area contributed by atoms with Crippen molar-refractivity contribution in [2.24, 2.45) is 0 Å². The molecule has 6 heteroatoms. The number of halogens is 3. The first-order chi connectivity index (χ1) is 17.6. The Hall–Kier alpha value is -3.18. The van der Waals surface area contributed by atoms with Crippen LogP contribution >= 0.6 is 0 Å². The molecule has 0 saturated heterocycles. The Balaban J connectivity index is 1.52. The van der Waals surface area contributed by atoms with Gasteiger partial charge in [0.2, 0.25) is 0 Å². The second-order valence-electron chi connectivity index (χ2n) is 10.4. The van der Waals surface area contributed by atoms with Gasteiger partial charge >= 0.3 is 221 Å². The average molecular weight is 575 g/mol. The second-order valence-corrected chi connectivity index (χ2v) is 17.7. The van der Waals surface area contributed by atoms with Crippen LogP contribution in [0.2, 0.25) is 19.6 Å². The monoisotopic (exact) mass is 575 g/mol. The molecular formula is C31H24F3NSeSi. The Morgan fingerprint density at radius 3 is 1.89 bits per heavy atom. The molecule has 184 valence electrons. The van der Waals surface area contributed by atoms with E-state index in [1.165, 1.54) is 5.19 Å². The van der Waals surface area contributed by atoms with Crippen LogP contribution < -0.4 is 5.19 Å². The number of pyridine rings is 1. The molecular weight excluding hydrogens is 550 g/mol. The Morgan fingerprint density at radius 2 is 1.30 bits per heavy atom. The molecule has 0 radical (unpaired) electrons. The van der Waals surface area contributed by atoms with Gasteiger partial charge in [-0.1, -0.05) is 0 Å². The molecule has 0 amide bonds. The molecule has 0 atom stereocenters. The summed E-state index contributed by atoms with van der Waals surface area (Å²) in [6, 6.07) is 28.3. The summed E-state index contributed by atoms with van der Waals surface area (Å²) in [6.07, 6.45) is -3.48. The predicted molar refractivity (Wildman–Crippen MR) is 153 cm³/mol. The quantitative estimate of drug-likeness (QED) is 0.193. The fourth-order valence-corrected chi connectivity index (χ4v) is 8.69. The maximum atomic E-state index is 14.2. The predicted octanol–water partition coefficient (Wildman–Crippen LogP) is 8.50. The van der Waals surface area contributed by atoms with Crippen molar-refractivity contribution in [2.45, 2.75) is 25.8 Å². The first-order valence-electron chi connectivity index (χ1n) is 12.1. The number of hydrogen-bond donors (Lipinski definition) is 0. The fourth-order valence-electron chi connectivity index (χ4n) is 4.88. The minimum atomic E-state index is -4.49. The zero-order chi connectivity index (χ0) is 25.9. The van der Waals surface area contributed by atoms with Gasteiger partial charge in [0.25, 0.3) is 0 Å². The van der Waals surface area contributed by atoms with Crippen molar-refractivity contribution in [3.05, 3.63) is 96.7 Å². The van der Waals surface area contributed by atoms with Crippen LogP contribution in [-0.2, 0) is 6.18 Å². The van der Waals surface area contributed by atoms with Gasteiger partial charge in [0.1, 0.15) is 0 Å². The summed E-state index contributed by atoms with van der Waals surface area (Å²) in [5.41, 5.74) is 2.90. The van der Waals surface area contributed by atoms with Crippen LogP contribution in [-0.4, -0.2) is 27.6 Å². The molecule has 2 aromatic heterocycles. The molecule has 0 aliphatic rings. The van der Waals surface area contributed by atoms with Crippen LogP contribution in [0.1, 0.15) is 5.56 Å². The van der Waals surface area contributed by atoms with E-state index in [-0.39, 0.29) is 20.1 Å². The van der Waals surface area contributed by atoms with Gasteiger partial charge in [-0.05, 0) is 0 Å². The minimum absolute atomic E-state index is 0.262. The summed E-state index contributed by atoms with van der Waals surface area (Å²) in [4.78, 5) is 4.35. The fraction of sp³-hybridized carbons (Fsp3) is 0.129. The van der Waals surface area contributed by atoms with Crippen molar-refractivity contribution in [3.63, 3.8) is 0 Å². The first-order valence-corrected chi connectivity index (χ1v) is 17.3. The molecule has 0 aliphatic heterocycles. The molecule has 0 bridgehead atoms. The van der Waals surface area contributed by atoms with E-state index in [4.69, 9.17) is 0 Å². The summed E-state index contributed by atoms with van der Waals surface area (Å²) < 4.78 is 44.4. The Morgan fingerprint density at radius 1 is 0.730 bits per heavy atom. The van der Waals surface area contributed by atoms with Crippen LogP contribution in [0, 0.1) is 0 Å². The third-order valence-corrected chi connectivity index (χ3v) is 11.4. The van der Waals surface area contributed by atoms with Crippen molar-refractivity contribution in [2.75, 3.05) is 0 Å². The zero-order valence-electron chi connectivity index (χ0n) is 20.6. The molecule has 0 unspecified atom stereocenters. The number of aromatic nitrogens is 1. The summed E-state index contributed by atoms with van der Waals surface area (Å²) in [5.74, 6) is 0. The molecule has 0 fully saturated rings. The van der Waals surface area contributed by atoms with Crippen molar-refractivity contribution in [1.29, 1.82) is 0 Å². The SMILES string of the molecule is C[Si](C)(C)c1ccc(-c2ccc(-c3c(C(F)(F)F)cnc4c3[se]c3cc5ccccc5cc34)cc2)cc1. The van der Waals surface area contributed by atoms with Gasteiger partial charge in [0.05, 0.1) is 0 Å². The van der Waals surface area contributed by atoms with Gasteiger partial charge in [0.15, 0.2) is 0 Å². The maximum absolute atomic E-state index is 14.2. The number of alkyl halides is 3. The number of hydrogen-bond acceptors (Lipinski definition) is 1. The van der Waals surface area contributed by atoms with Crippen molar-refractivity contribution >= 4 is 58.0 Å². The molecule has 0 spiro atoms. The van der Waals surface area contributed by atoms with Crippen LogP contribution in [0.25, 0.3) is 52.4 Å². The van der Waals surface area contributed by atoms with E-state index in [1.54, 1.807) is 0 Å². The van der Waals surface area contributed by atoms with Crippen LogP contribution in [0.5, 0.6) is 0 Å². The molecule has 0 N–H and O–H groups in total. The summed E-state index contributed by atoms with van der Waals surface area (Å²) in [7, 11) is -1.40. The summed E-state index contributed by atoms with van der Waals surface area (Å²) >= 11 is -0.274. The number of benzene rings is 4. The van der Waals surface area contributed by atoms with E-state index in [1.807, 2.05) is 48.5 Å². The van der Waals surface area contributed by atoms with Crippen LogP contribution in [0.3, 0.4) is 0 Å². The molecule has 4 aromatic carbocycles. The number of fused-ring (bicyclic) bond motifs is 4. The van der Waals surface area contributed by atoms with E-state index < -0.39 is 19.8 Å². The number of rotatable bonds is 3. The Labute approximate surface area is 220 Å². The summed E-state index contributed by atoms with van der Waals surface area (Å²) in [5, 5.41) is 4.49. The van der Waals surface area contributed by atoms with Crippen LogP contribution in [0.4, 0.5) is 13.2 Å². The molecule has 0 aliphatic carbocycles. The normalized spacial score (nSPS) is 12.6. The average Bonchev–Trinajstić information content (AvgIpc) is 3.23. The van der Waals surface area contributed by atoms with Gasteiger partial charge in [-0.25, -0.2) is 0 Å². The van der Waals surface area contributed by atoms with Crippen LogP contribution in [0.15, 0.2) is 91.1 Å². The standard InChI is InChI=1S/C31H24F3NSeSi/c1-37(2,3)24-14-12-20(13-15-24)19-8-10-21(11-9-19)28-26(31(32,33)34)18-35-29-25-16-22-6-4-5-7-23(22)17-27(25)36-30(28)29/h4-18H,1-3H3. The zero-order valence-corrected chi connectivity index (χ0v) is 23.4. The van der Waals surface area contributed by atoms with Gasteiger partial charge in [-0.2, -0.15) is 0 Å². The number of nitrogens with zero attached hydrogens (tertiary/aromatic N) is 1. The Kier molecular flexibility index (Phi) is 5.68. The molecule has 2 heterocycles. The van der Waals surface area contributed by atoms with E-state index >= 15 is 0 Å². The molecule has 6 rings (SSSR count). The van der Waals surface area contributed by atoms with E-state index in [2.05, 4.69) is 61.0 Å². The molecule has 6 aromatic rings.